The van der Waals surface area contributed by atoms with E-state index in [-0.39, 0.29) is 6.42 Å². The molecule has 16 heavy (non-hydrogen) atoms. The minimum Gasteiger partial charge on any atom is -0.480 e. The van der Waals surface area contributed by atoms with Crippen molar-refractivity contribution in [1.29, 1.82) is 0 Å². The molecule has 1 aromatic rings. The molecule has 0 unspecified atom stereocenters. The van der Waals surface area contributed by atoms with Crippen molar-refractivity contribution in [3.8, 4) is 0 Å². The molecule has 0 heterocycles. The molecule has 86 valence electrons. The monoisotopic (exact) mass is 224 g/mol. The van der Waals surface area contributed by atoms with E-state index >= 15 is 0 Å². The average Bonchev–Trinajstić information content (AvgIpc) is 2.28. The SMILES string of the molecule is NOC(=O)c1ccc(C[C@H](N)C(=O)O)cc1. The Hall–Kier alpha value is -1.92. The fourth-order valence-corrected chi connectivity index (χ4v) is 1.19. The summed E-state index contributed by atoms with van der Waals surface area (Å²) in [5.74, 6) is 3.01. The van der Waals surface area contributed by atoms with E-state index in [1.807, 2.05) is 0 Å². The molecule has 0 spiro atoms. The molecule has 1 rings (SSSR count). The number of carboxylic acid groups (broad SMARTS) is 1. The summed E-state index contributed by atoms with van der Waals surface area (Å²) < 4.78 is 0. The summed E-state index contributed by atoms with van der Waals surface area (Å²) in [6, 6.07) is 5.26. The molecular weight excluding hydrogens is 212 g/mol. The zero-order valence-corrected chi connectivity index (χ0v) is 8.42. The van der Waals surface area contributed by atoms with Crippen LogP contribution in [0.25, 0.3) is 0 Å². The number of carbonyl (C=O) groups excluding carboxylic acids is 1. The molecule has 6 nitrogen and oxygen atoms in total. The largest absolute Gasteiger partial charge is 0.480 e. The van der Waals surface area contributed by atoms with Crippen molar-refractivity contribution in [2.75, 3.05) is 0 Å². The van der Waals surface area contributed by atoms with E-state index in [0.717, 1.165) is 5.56 Å². The number of benzene rings is 1. The van der Waals surface area contributed by atoms with Crippen LogP contribution < -0.4 is 11.6 Å². The van der Waals surface area contributed by atoms with Gasteiger partial charge in [-0.15, -0.1) is 0 Å². The van der Waals surface area contributed by atoms with E-state index in [0.29, 0.717) is 5.56 Å². The third-order valence-electron chi connectivity index (χ3n) is 2.07. The Kier molecular flexibility index (Phi) is 3.98. The Labute approximate surface area is 91.8 Å². The lowest BCUT2D eigenvalue weighted by atomic mass is 10.0. The molecule has 0 aliphatic heterocycles. The van der Waals surface area contributed by atoms with Gasteiger partial charge >= 0.3 is 11.9 Å². The normalized spacial score (nSPS) is 11.9. The number of carboxylic acids is 1. The topological polar surface area (TPSA) is 116 Å². The van der Waals surface area contributed by atoms with Crippen LogP contribution in [0, 0.1) is 0 Å². The van der Waals surface area contributed by atoms with Gasteiger partial charge in [0.2, 0.25) is 0 Å². The van der Waals surface area contributed by atoms with Gasteiger partial charge in [-0.25, -0.2) is 4.79 Å². The molecule has 5 N–H and O–H groups in total. The highest BCUT2D eigenvalue weighted by molar-refractivity contribution is 5.89. The van der Waals surface area contributed by atoms with Crippen LogP contribution in [-0.2, 0) is 16.1 Å². The van der Waals surface area contributed by atoms with Crippen LogP contribution in [0.4, 0.5) is 0 Å². The average molecular weight is 224 g/mol. The van der Waals surface area contributed by atoms with Gasteiger partial charge in [-0.2, -0.15) is 5.90 Å². The zero-order valence-electron chi connectivity index (χ0n) is 8.42. The summed E-state index contributed by atoms with van der Waals surface area (Å²) in [5, 5.41) is 8.61. The van der Waals surface area contributed by atoms with E-state index in [4.69, 9.17) is 16.7 Å². The molecule has 0 aromatic heterocycles. The first kappa shape index (κ1) is 12.2. The Morgan fingerprint density at radius 2 is 1.88 bits per heavy atom. The molecule has 0 bridgehead atoms. The maximum Gasteiger partial charge on any atom is 0.356 e. The number of hydrogen-bond acceptors (Lipinski definition) is 5. The lowest BCUT2D eigenvalue weighted by Gasteiger charge is -2.06. The van der Waals surface area contributed by atoms with E-state index in [1.165, 1.54) is 12.1 Å². The second kappa shape index (κ2) is 5.24. The minimum atomic E-state index is -1.06. The number of carbonyl (C=O) groups is 2. The Bertz CT molecular complexity index is 388. The summed E-state index contributed by atoms with van der Waals surface area (Å²) in [4.78, 5) is 25.5. The molecule has 0 amide bonds. The molecule has 0 saturated carbocycles. The van der Waals surface area contributed by atoms with Gasteiger partial charge < -0.3 is 15.7 Å². The van der Waals surface area contributed by atoms with Gasteiger partial charge in [-0.3, -0.25) is 4.79 Å². The smallest absolute Gasteiger partial charge is 0.356 e. The summed E-state index contributed by atoms with van der Waals surface area (Å²) >= 11 is 0. The quantitative estimate of drug-likeness (QED) is 0.603. The van der Waals surface area contributed by atoms with Gasteiger partial charge in [0.1, 0.15) is 6.04 Å². The van der Waals surface area contributed by atoms with Crippen LogP contribution in [-0.4, -0.2) is 23.1 Å². The van der Waals surface area contributed by atoms with Crippen LogP contribution in [0.15, 0.2) is 24.3 Å². The third-order valence-corrected chi connectivity index (χ3v) is 2.07. The molecule has 0 fully saturated rings. The number of aliphatic carboxylic acids is 1. The van der Waals surface area contributed by atoms with Crippen LogP contribution in [0.3, 0.4) is 0 Å². The van der Waals surface area contributed by atoms with Crippen LogP contribution in [0.5, 0.6) is 0 Å². The highest BCUT2D eigenvalue weighted by Gasteiger charge is 2.12. The fraction of sp³-hybridized carbons (Fsp3) is 0.200. The molecule has 0 aliphatic rings. The number of rotatable bonds is 4. The van der Waals surface area contributed by atoms with Crippen molar-refractivity contribution in [2.24, 2.45) is 11.6 Å². The van der Waals surface area contributed by atoms with Crippen molar-refractivity contribution < 1.29 is 19.5 Å². The standard InChI is InChI=1S/C10H12N2O4/c11-8(9(13)14)5-6-1-3-7(4-2-6)10(15)16-12/h1-4,8H,5,11-12H2,(H,13,14)/t8-/m0/s1. The van der Waals surface area contributed by atoms with Gasteiger partial charge in [0.15, 0.2) is 0 Å². The van der Waals surface area contributed by atoms with Crippen molar-refractivity contribution in [3.63, 3.8) is 0 Å². The van der Waals surface area contributed by atoms with Gasteiger partial charge in [0, 0.05) is 0 Å². The predicted octanol–water partition coefficient (Wildman–Crippen LogP) is -0.328. The second-order valence-electron chi connectivity index (χ2n) is 3.25. The van der Waals surface area contributed by atoms with Crippen molar-refractivity contribution in [1.82, 2.24) is 0 Å². The van der Waals surface area contributed by atoms with Crippen molar-refractivity contribution in [3.05, 3.63) is 35.4 Å². The second-order valence-corrected chi connectivity index (χ2v) is 3.25. The summed E-state index contributed by atoms with van der Waals surface area (Å²) in [6.07, 6.45) is 0.202. The fourth-order valence-electron chi connectivity index (χ4n) is 1.19. The Morgan fingerprint density at radius 3 is 2.31 bits per heavy atom. The minimum absolute atomic E-state index is 0.202. The van der Waals surface area contributed by atoms with Gasteiger partial charge in [0.05, 0.1) is 5.56 Å². The van der Waals surface area contributed by atoms with Gasteiger partial charge in [0.25, 0.3) is 0 Å². The van der Waals surface area contributed by atoms with Crippen LogP contribution in [0.2, 0.25) is 0 Å². The number of hydrogen-bond donors (Lipinski definition) is 3. The lowest BCUT2D eigenvalue weighted by Crippen LogP contribution is -2.32. The first-order chi connectivity index (χ1) is 7.54. The molecule has 1 aromatic carbocycles. The molecule has 0 aliphatic carbocycles. The first-order valence-corrected chi connectivity index (χ1v) is 4.53. The van der Waals surface area contributed by atoms with E-state index in [1.54, 1.807) is 12.1 Å². The third kappa shape index (κ3) is 3.04. The summed E-state index contributed by atoms with van der Waals surface area (Å²) in [7, 11) is 0. The highest BCUT2D eigenvalue weighted by Crippen LogP contribution is 2.07. The molecule has 6 heteroatoms. The lowest BCUT2D eigenvalue weighted by molar-refractivity contribution is -0.138. The Morgan fingerprint density at radius 1 is 1.31 bits per heavy atom. The number of nitrogens with two attached hydrogens (primary N) is 2. The molecule has 0 saturated heterocycles. The molecular formula is C10H12N2O4. The van der Waals surface area contributed by atoms with Gasteiger partial charge in [-0.05, 0) is 24.1 Å². The van der Waals surface area contributed by atoms with Crippen molar-refractivity contribution >= 4 is 11.9 Å². The summed E-state index contributed by atoms with van der Waals surface area (Å²) in [6.45, 7) is 0. The first-order valence-electron chi connectivity index (χ1n) is 4.53. The Balaban J connectivity index is 2.72. The highest BCUT2D eigenvalue weighted by atomic mass is 16.7. The van der Waals surface area contributed by atoms with Gasteiger partial charge in [-0.1, -0.05) is 12.1 Å². The maximum absolute atomic E-state index is 11.0. The molecule has 1 atom stereocenters. The van der Waals surface area contributed by atoms with Crippen molar-refractivity contribution in [2.45, 2.75) is 12.5 Å². The molecule has 0 radical (unpaired) electrons. The van der Waals surface area contributed by atoms with E-state index in [2.05, 4.69) is 4.84 Å². The summed E-state index contributed by atoms with van der Waals surface area (Å²) in [5.41, 5.74) is 6.39. The maximum atomic E-state index is 11.0. The predicted molar refractivity (Wildman–Crippen MR) is 55.4 cm³/mol. The van der Waals surface area contributed by atoms with Crippen LogP contribution in [0.1, 0.15) is 15.9 Å². The van der Waals surface area contributed by atoms with E-state index in [9.17, 15) is 9.59 Å². The zero-order chi connectivity index (χ0) is 12.1. The van der Waals surface area contributed by atoms with E-state index < -0.39 is 18.0 Å². The van der Waals surface area contributed by atoms with Crippen LogP contribution >= 0.6 is 0 Å².